The summed E-state index contributed by atoms with van der Waals surface area (Å²) < 4.78 is 48.5. The zero-order valence-corrected chi connectivity index (χ0v) is 21.0. The molecule has 5 rings (SSSR count). The number of rotatable bonds is 4. The highest BCUT2D eigenvalue weighted by Gasteiger charge is 2.53. The Morgan fingerprint density at radius 2 is 1.63 bits per heavy atom. The van der Waals surface area contributed by atoms with Crippen molar-refractivity contribution >= 4 is 28.8 Å². The number of ketones is 1. The van der Waals surface area contributed by atoms with Crippen LogP contribution in [0.5, 0.6) is 5.75 Å². The number of nitrogens with zero attached hydrogens (tertiary/aromatic N) is 2. The molecule has 8 heteroatoms. The second-order valence-corrected chi connectivity index (χ2v) is 10.5. The molecule has 3 aromatic rings. The van der Waals surface area contributed by atoms with Crippen LogP contribution in [-0.2, 0) is 16.2 Å². The topological polar surface area (TPSA) is 59.0 Å². The number of carbonyl (C=O) groups is 2. The van der Waals surface area contributed by atoms with E-state index in [1.165, 1.54) is 6.07 Å². The predicted octanol–water partition coefficient (Wildman–Crippen LogP) is 6.99. The fourth-order valence-corrected chi connectivity index (χ4v) is 5.40. The lowest BCUT2D eigenvalue weighted by Gasteiger charge is -2.41. The maximum atomic E-state index is 14.1. The van der Waals surface area contributed by atoms with Gasteiger partial charge in [0.25, 0.3) is 0 Å². The molecule has 1 heterocycles. The number of anilines is 1. The van der Waals surface area contributed by atoms with Gasteiger partial charge in [-0.1, -0.05) is 74.5 Å². The van der Waals surface area contributed by atoms with Crippen molar-refractivity contribution in [1.82, 2.24) is 0 Å². The minimum atomic E-state index is -5.17. The minimum Gasteiger partial charge on any atom is -0.489 e. The smallest absolute Gasteiger partial charge is 0.471 e. The lowest BCUT2D eigenvalue weighted by atomic mass is 9.68. The summed E-state index contributed by atoms with van der Waals surface area (Å²) in [6.07, 6.45) is -4.60. The fraction of sp³-hybridized carbons (Fsp3) is 0.300. The number of hydrogen-bond donors (Lipinski definition) is 0. The van der Waals surface area contributed by atoms with Crippen LogP contribution < -0.4 is 9.64 Å². The summed E-state index contributed by atoms with van der Waals surface area (Å²) in [5.74, 6) is -3.06. The van der Waals surface area contributed by atoms with Crippen LogP contribution in [0.25, 0.3) is 0 Å². The van der Waals surface area contributed by atoms with Crippen molar-refractivity contribution in [2.24, 2.45) is 16.3 Å². The lowest BCUT2D eigenvalue weighted by molar-refractivity contribution is -0.171. The summed E-state index contributed by atoms with van der Waals surface area (Å²) in [6, 6.07) is 21.0. The number of Topliss-reactive ketones (excluding diaryl/α,β-unsaturated/α-hetero) is 1. The summed E-state index contributed by atoms with van der Waals surface area (Å²) >= 11 is 0. The van der Waals surface area contributed by atoms with E-state index in [2.05, 4.69) is 0 Å². The van der Waals surface area contributed by atoms with Crippen LogP contribution in [0.3, 0.4) is 0 Å². The molecule has 0 radical (unpaired) electrons. The van der Waals surface area contributed by atoms with E-state index in [0.29, 0.717) is 28.3 Å². The van der Waals surface area contributed by atoms with Crippen LogP contribution in [0.15, 0.2) is 83.9 Å². The average Bonchev–Trinajstić information content (AvgIpc) is 3.00. The predicted molar refractivity (Wildman–Crippen MR) is 139 cm³/mol. The van der Waals surface area contributed by atoms with E-state index in [-0.39, 0.29) is 30.2 Å². The van der Waals surface area contributed by atoms with E-state index < -0.39 is 29.5 Å². The van der Waals surface area contributed by atoms with Crippen LogP contribution >= 0.6 is 0 Å². The Hall–Kier alpha value is -3.94. The molecule has 1 amide bonds. The van der Waals surface area contributed by atoms with E-state index in [1.807, 2.05) is 44.2 Å². The molecule has 0 N–H and O–H groups in total. The number of halogens is 3. The van der Waals surface area contributed by atoms with Crippen LogP contribution in [0, 0.1) is 11.3 Å². The number of alkyl halides is 3. The van der Waals surface area contributed by atoms with E-state index in [9.17, 15) is 22.8 Å². The molecule has 0 unspecified atom stereocenters. The number of benzene rings is 3. The first kappa shape index (κ1) is 25.7. The van der Waals surface area contributed by atoms with Crippen molar-refractivity contribution in [2.75, 3.05) is 4.90 Å². The molecular formula is C30H27F3N2O3. The van der Waals surface area contributed by atoms with Gasteiger partial charge in [0.2, 0.25) is 0 Å². The van der Waals surface area contributed by atoms with Crippen molar-refractivity contribution in [3.63, 3.8) is 0 Å². The third-order valence-corrected chi connectivity index (χ3v) is 6.95. The standard InChI is InChI=1S/C30H27F3N2O3/c1-29(2)16-22-26(24(36)17-29)27(20-12-6-9-15-25(20)38-18-19-10-4-3-5-11-19)35(28(37)30(31,32)33)23-14-8-7-13-21(23)34-22/h3-15,26-27H,16-18H2,1-2H3/t26-,27+/m1/s1. The van der Waals surface area contributed by atoms with Gasteiger partial charge in [-0.2, -0.15) is 13.2 Å². The van der Waals surface area contributed by atoms with Gasteiger partial charge in [-0.05, 0) is 35.6 Å². The minimum absolute atomic E-state index is 0.00481. The Morgan fingerprint density at radius 3 is 2.37 bits per heavy atom. The van der Waals surface area contributed by atoms with E-state index in [4.69, 9.17) is 9.73 Å². The highest BCUT2D eigenvalue weighted by molar-refractivity contribution is 6.13. The van der Waals surface area contributed by atoms with E-state index in [0.717, 1.165) is 5.56 Å². The molecule has 0 bridgehead atoms. The van der Waals surface area contributed by atoms with Crippen molar-refractivity contribution in [3.8, 4) is 5.75 Å². The zero-order chi connectivity index (χ0) is 27.1. The highest BCUT2D eigenvalue weighted by atomic mass is 19.4. The number of hydrogen-bond acceptors (Lipinski definition) is 4. The highest BCUT2D eigenvalue weighted by Crippen LogP contribution is 2.50. The van der Waals surface area contributed by atoms with Crippen molar-refractivity contribution in [3.05, 3.63) is 90.0 Å². The third-order valence-electron chi connectivity index (χ3n) is 6.95. The molecule has 1 aliphatic heterocycles. The molecule has 38 heavy (non-hydrogen) atoms. The largest absolute Gasteiger partial charge is 0.489 e. The maximum absolute atomic E-state index is 14.1. The van der Waals surface area contributed by atoms with Gasteiger partial charge < -0.3 is 4.74 Å². The average molecular weight is 521 g/mol. The molecule has 1 aliphatic carbocycles. The van der Waals surface area contributed by atoms with E-state index >= 15 is 0 Å². The summed E-state index contributed by atoms with van der Waals surface area (Å²) in [5, 5.41) is 0. The van der Waals surface area contributed by atoms with Crippen molar-refractivity contribution < 1.29 is 27.5 Å². The normalized spacial score (nSPS) is 20.6. The van der Waals surface area contributed by atoms with Gasteiger partial charge in [-0.15, -0.1) is 0 Å². The number of para-hydroxylation sites is 3. The molecule has 1 fully saturated rings. The first-order valence-electron chi connectivity index (χ1n) is 12.4. The van der Waals surface area contributed by atoms with Gasteiger partial charge in [0.15, 0.2) is 0 Å². The Morgan fingerprint density at radius 1 is 0.974 bits per heavy atom. The second kappa shape index (κ2) is 9.74. The summed E-state index contributed by atoms with van der Waals surface area (Å²) in [4.78, 5) is 32.2. The van der Waals surface area contributed by atoms with Crippen LogP contribution in [0.2, 0.25) is 0 Å². The van der Waals surface area contributed by atoms with Gasteiger partial charge in [-0.3, -0.25) is 19.5 Å². The number of ether oxygens (including phenoxy) is 1. The van der Waals surface area contributed by atoms with E-state index in [1.54, 1.807) is 42.5 Å². The molecule has 2 atom stereocenters. The SMILES string of the molecule is CC1(C)CC(=O)[C@H]2C(=Nc3ccccc3N(C(=O)C(F)(F)F)[C@H]2c2ccccc2OCc2ccccc2)C1. The van der Waals surface area contributed by atoms with Gasteiger partial charge >= 0.3 is 12.1 Å². The van der Waals surface area contributed by atoms with Crippen molar-refractivity contribution in [2.45, 2.75) is 45.5 Å². The lowest BCUT2D eigenvalue weighted by Crippen LogP contribution is -2.50. The van der Waals surface area contributed by atoms with Crippen molar-refractivity contribution in [1.29, 1.82) is 0 Å². The molecular weight excluding hydrogens is 493 g/mol. The Bertz CT molecular complexity index is 1400. The summed E-state index contributed by atoms with van der Waals surface area (Å²) in [7, 11) is 0. The molecule has 3 aromatic carbocycles. The van der Waals surface area contributed by atoms with Gasteiger partial charge in [0.05, 0.1) is 23.3 Å². The molecule has 0 saturated heterocycles. The Labute approximate surface area is 219 Å². The van der Waals surface area contributed by atoms with Gasteiger partial charge in [-0.25, -0.2) is 0 Å². The first-order chi connectivity index (χ1) is 18.0. The zero-order valence-electron chi connectivity index (χ0n) is 21.0. The molecule has 5 nitrogen and oxygen atoms in total. The first-order valence-corrected chi connectivity index (χ1v) is 12.4. The molecule has 0 spiro atoms. The second-order valence-electron chi connectivity index (χ2n) is 10.5. The Kier molecular flexibility index (Phi) is 6.59. The van der Waals surface area contributed by atoms with Crippen LogP contribution in [-0.4, -0.2) is 23.6 Å². The fourth-order valence-electron chi connectivity index (χ4n) is 5.40. The molecule has 0 aromatic heterocycles. The van der Waals surface area contributed by atoms with Gasteiger partial charge in [0, 0.05) is 17.7 Å². The summed E-state index contributed by atoms with van der Waals surface area (Å²) in [5.41, 5.74) is 1.47. The van der Waals surface area contributed by atoms with Gasteiger partial charge in [0.1, 0.15) is 18.1 Å². The quantitative estimate of drug-likeness (QED) is 0.372. The third kappa shape index (κ3) is 4.95. The number of amides is 1. The molecule has 2 aliphatic rings. The number of carbonyl (C=O) groups excluding carboxylic acids is 2. The maximum Gasteiger partial charge on any atom is 0.471 e. The number of fused-ring (bicyclic) bond motifs is 2. The van der Waals surface area contributed by atoms with Crippen LogP contribution in [0.1, 0.15) is 43.9 Å². The Balaban J connectivity index is 1.71. The molecule has 1 saturated carbocycles. The molecule has 196 valence electrons. The number of aliphatic imine (C=N–C) groups is 1. The summed E-state index contributed by atoms with van der Waals surface area (Å²) in [6.45, 7) is 4.04. The monoisotopic (exact) mass is 520 g/mol. The van der Waals surface area contributed by atoms with Crippen LogP contribution in [0.4, 0.5) is 24.5 Å².